The van der Waals surface area contributed by atoms with Gasteiger partial charge in [-0.05, 0) is 42.4 Å². The van der Waals surface area contributed by atoms with Gasteiger partial charge in [-0.3, -0.25) is 4.90 Å². The number of nitrogens with two attached hydrogens (primary N) is 1. The highest BCUT2D eigenvalue weighted by Gasteiger charge is 2.13. The summed E-state index contributed by atoms with van der Waals surface area (Å²) in [6, 6.07) is 17.0. The lowest BCUT2D eigenvalue weighted by Gasteiger charge is -2.24. The second kappa shape index (κ2) is 6.12. The smallest absolute Gasteiger partial charge is 0.144 e. The van der Waals surface area contributed by atoms with Crippen LogP contribution in [0.1, 0.15) is 24.4 Å². The predicted octanol–water partition coefficient (Wildman–Crippen LogP) is 3.41. The number of hydrogen-bond acceptors (Lipinski definition) is 4. The van der Waals surface area contributed by atoms with Gasteiger partial charge in [-0.2, -0.15) is 0 Å². The van der Waals surface area contributed by atoms with Crippen molar-refractivity contribution >= 4 is 16.6 Å². The van der Waals surface area contributed by atoms with Crippen LogP contribution in [0.3, 0.4) is 0 Å². The summed E-state index contributed by atoms with van der Waals surface area (Å²) in [7, 11) is 2.08. The van der Waals surface area contributed by atoms with E-state index in [1.807, 2.05) is 0 Å². The number of aromatic nitrogens is 2. The lowest BCUT2D eigenvalue weighted by molar-refractivity contribution is 0.247. The van der Waals surface area contributed by atoms with E-state index < -0.39 is 0 Å². The van der Waals surface area contributed by atoms with E-state index in [0.29, 0.717) is 12.4 Å². The average Bonchev–Trinajstić information content (AvgIpc) is 2.53. The lowest BCUT2D eigenvalue weighted by Crippen LogP contribution is -2.23. The van der Waals surface area contributed by atoms with Crippen molar-refractivity contribution in [2.24, 2.45) is 0 Å². The van der Waals surface area contributed by atoms with Crippen LogP contribution in [0.4, 0.5) is 5.82 Å². The Morgan fingerprint density at radius 3 is 2.64 bits per heavy atom. The SMILES string of the molecule is C[C@@H](c1ccc2ccccc2c1)N(C)Cc1nccc(N)n1. The van der Waals surface area contributed by atoms with E-state index in [1.165, 1.54) is 16.3 Å². The van der Waals surface area contributed by atoms with Gasteiger partial charge in [0.25, 0.3) is 0 Å². The molecule has 0 bridgehead atoms. The maximum atomic E-state index is 5.71. The van der Waals surface area contributed by atoms with Gasteiger partial charge in [0.1, 0.15) is 11.6 Å². The summed E-state index contributed by atoms with van der Waals surface area (Å²) in [5.41, 5.74) is 7.00. The van der Waals surface area contributed by atoms with Crippen molar-refractivity contribution in [3.05, 3.63) is 66.1 Å². The fourth-order valence-corrected chi connectivity index (χ4v) is 2.57. The van der Waals surface area contributed by atoms with Crippen LogP contribution in [0.5, 0.6) is 0 Å². The molecule has 0 fully saturated rings. The first-order valence-corrected chi connectivity index (χ1v) is 7.40. The van der Waals surface area contributed by atoms with E-state index >= 15 is 0 Å². The highest BCUT2D eigenvalue weighted by atomic mass is 15.1. The molecule has 2 N–H and O–H groups in total. The third-order valence-corrected chi connectivity index (χ3v) is 4.03. The quantitative estimate of drug-likeness (QED) is 0.800. The first-order valence-electron chi connectivity index (χ1n) is 7.40. The molecule has 4 nitrogen and oxygen atoms in total. The van der Waals surface area contributed by atoms with Gasteiger partial charge in [0.05, 0.1) is 6.54 Å². The maximum absolute atomic E-state index is 5.71. The first-order chi connectivity index (χ1) is 10.6. The molecule has 0 radical (unpaired) electrons. The molecule has 0 unspecified atom stereocenters. The molecule has 0 aliphatic carbocycles. The number of nitrogen functional groups attached to an aromatic ring is 1. The van der Waals surface area contributed by atoms with Crippen LogP contribution in [-0.2, 0) is 6.54 Å². The maximum Gasteiger partial charge on any atom is 0.144 e. The van der Waals surface area contributed by atoms with Crippen molar-refractivity contribution in [2.75, 3.05) is 12.8 Å². The second-order valence-corrected chi connectivity index (χ2v) is 5.60. The van der Waals surface area contributed by atoms with Crippen LogP contribution >= 0.6 is 0 Å². The number of hydrogen-bond donors (Lipinski definition) is 1. The summed E-state index contributed by atoms with van der Waals surface area (Å²) in [6.45, 7) is 2.86. The van der Waals surface area contributed by atoms with Gasteiger partial charge in [-0.25, -0.2) is 9.97 Å². The Labute approximate surface area is 130 Å². The monoisotopic (exact) mass is 292 g/mol. The molecule has 0 aliphatic rings. The van der Waals surface area contributed by atoms with Crippen molar-refractivity contribution in [3.8, 4) is 0 Å². The molecular weight excluding hydrogens is 272 g/mol. The zero-order chi connectivity index (χ0) is 15.5. The van der Waals surface area contributed by atoms with Crippen LogP contribution in [-0.4, -0.2) is 21.9 Å². The minimum absolute atomic E-state index is 0.273. The van der Waals surface area contributed by atoms with Gasteiger partial charge in [0.2, 0.25) is 0 Å². The average molecular weight is 292 g/mol. The summed E-state index contributed by atoms with van der Waals surface area (Å²) >= 11 is 0. The molecule has 0 saturated carbocycles. The van der Waals surface area contributed by atoms with Crippen molar-refractivity contribution in [1.29, 1.82) is 0 Å². The Morgan fingerprint density at radius 2 is 1.86 bits per heavy atom. The molecule has 4 heteroatoms. The lowest BCUT2D eigenvalue weighted by atomic mass is 10.0. The van der Waals surface area contributed by atoms with Crippen molar-refractivity contribution in [2.45, 2.75) is 19.5 Å². The van der Waals surface area contributed by atoms with Crippen LogP contribution in [0.15, 0.2) is 54.7 Å². The normalized spacial score (nSPS) is 12.7. The number of rotatable bonds is 4. The van der Waals surface area contributed by atoms with Crippen molar-refractivity contribution in [1.82, 2.24) is 14.9 Å². The molecule has 112 valence electrons. The third kappa shape index (κ3) is 3.07. The predicted molar refractivity (Wildman–Crippen MR) is 90.3 cm³/mol. The number of fused-ring (bicyclic) bond motifs is 1. The number of benzene rings is 2. The Bertz CT molecular complexity index is 785. The Kier molecular flexibility index (Phi) is 4.02. The minimum Gasteiger partial charge on any atom is -0.384 e. The topological polar surface area (TPSA) is 55.0 Å². The van der Waals surface area contributed by atoms with Crippen molar-refractivity contribution in [3.63, 3.8) is 0 Å². The molecular formula is C18H20N4. The van der Waals surface area contributed by atoms with Crippen molar-refractivity contribution < 1.29 is 0 Å². The Morgan fingerprint density at radius 1 is 1.09 bits per heavy atom. The summed E-state index contributed by atoms with van der Waals surface area (Å²) in [5, 5.41) is 2.53. The van der Waals surface area contributed by atoms with Gasteiger partial charge in [0, 0.05) is 12.2 Å². The molecule has 0 amide bonds. The van der Waals surface area contributed by atoms with E-state index in [4.69, 9.17) is 5.73 Å². The zero-order valence-electron chi connectivity index (χ0n) is 12.9. The minimum atomic E-state index is 0.273. The van der Waals surface area contributed by atoms with E-state index in [9.17, 15) is 0 Å². The van der Waals surface area contributed by atoms with Crippen LogP contribution in [0, 0.1) is 0 Å². The van der Waals surface area contributed by atoms with E-state index in [2.05, 4.69) is 71.3 Å². The molecule has 22 heavy (non-hydrogen) atoms. The number of nitrogens with zero attached hydrogens (tertiary/aromatic N) is 3. The summed E-state index contributed by atoms with van der Waals surface area (Å²) in [4.78, 5) is 10.8. The Balaban J connectivity index is 1.80. The summed E-state index contributed by atoms with van der Waals surface area (Å²) in [6.07, 6.45) is 1.70. The van der Waals surface area contributed by atoms with Crippen LogP contribution in [0.2, 0.25) is 0 Å². The largest absolute Gasteiger partial charge is 0.384 e. The molecule has 0 spiro atoms. The van der Waals surface area contributed by atoms with Crippen LogP contribution in [0.25, 0.3) is 10.8 Å². The Hall–Kier alpha value is -2.46. The molecule has 1 aromatic heterocycles. The molecule has 0 aliphatic heterocycles. The highest BCUT2D eigenvalue weighted by Crippen LogP contribution is 2.24. The van der Waals surface area contributed by atoms with Gasteiger partial charge in [-0.1, -0.05) is 36.4 Å². The molecule has 1 heterocycles. The van der Waals surface area contributed by atoms with E-state index in [-0.39, 0.29) is 6.04 Å². The third-order valence-electron chi connectivity index (χ3n) is 4.03. The fraction of sp³-hybridized carbons (Fsp3) is 0.222. The van der Waals surface area contributed by atoms with E-state index in [0.717, 1.165) is 5.82 Å². The molecule has 3 aromatic rings. The van der Waals surface area contributed by atoms with Gasteiger partial charge >= 0.3 is 0 Å². The molecule has 1 atom stereocenters. The fourth-order valence-electron chi connectivity index (χ4n) is 2.57. The zero-order valence-corrected chi connectivity index (χ0v) is 12.9. The van der Waals surface area contributed by atoms with E-state index in [1.54, 1.807) is 12.3 Å². The second-order valence-electron chi connectivity index (χ2n) is 5.60. The molecule has 0 saturated heterocycles. The van der Waals surface area contributed by atoms with Gasteiger partial charge in [0.15, 0.2) is 0 Å². The van der Waals surface area contributed by atoms with Gasteiger partial charge in [-0.15, -0.1) is 0 Å². The number of anilines is 1. The summed E-state index contributed by atoms with van der Waals surface area (Å²) < 4.78 is 0. The first kappa shape index (κ1) is 14.5. The highest BCUT2D eigenvalue weighted by molar-refractivity contribution is 5.83. The standard InChI is InChI=1S/C18H20N4/c1-13(22(2)12-18-20-10-9-17(19)21-18)15-8-7-14-5-3-4-6-16(14)11-15/h3-11,13H,12H2,1-2H3,(H2,19,20,21)/t13-/m0/s1. The molecule has 2 aromatic carbocycles. The van der Waals surface area contributed by atoms with Crippen LogP contribution < -0.4 is 5.73 Å². The summed E-state index contributed by atoms with van der Waals surface area (Å²) in [5.74, 6) is 1.26. The molecule has 3 rings (SSSR count). The van der Waals surface area contributed by atoms with Gasteiger partial charge < -0.3 is 5.73 Å².